The summed E-state index contributed by atoms with van der Waals surface area (Å²) < 4.78 is 34.4. The van der Waals surface area contributed by atoms with Gasteiger partial charge >= 0.3 is 0 Å². The first-order valence-electron chi connectivity index (χ1n) is 10.2. The van der Waals surface area contributed by atoms with E-state index in [4.69, 9.17) is 9.47 Å². The summed E-state index contributed by atoms with van der Waals surface area (Å²) in [5.74, 6) is 1.14. The third-order valence-electron chi connectivity index (χ3n) is 4.95. The Morgan fingerprint density at radius 3 is 2.60 bits per heavy atom. The summed E-state index contributed by atoms with van der Waals surface area (Å²) in [5, 5.41) is 2.90. The van der Waals surface area contributed by atoms with E-state index in [-0.39, 0.29) is 16.9 Å². The first kappa shape index (κ1) is 22.1. The van der Waals surface area contributed by atoms with Crippen molar-refractivity contribution in [1.29, 1.82) is 0 Å². The van der Waals surface area contributed by atoms with Crippen molar-refractivity contribution in [2.75, 3.05) is 12.9 Å². The summed E-state index contributed by atoms with van der Waals surface area (Å²) in [6, 6.07) is 10.00. The number of nitrogens with one attached hydrogen (secondary N) is 1. The van der Waals surface area contributed by atoms with E-state index < -0.39 is 9.84 Å². The Morgan fingerprint density at radius 2 is 1.90 bits per heavy atom. The lowest BCUT2D eigenvalue weighted by Crippen LogP contribution is -2.23. The van der Waals surface area contributed by atoms with E-state index >= 15 is 0 Å². The molecular weight excluding hydrogens is 404 g/mol. The molecule has 0 radical (unpaired) electrons. The topological polar surface area (TPSA) is 94.6 Å². The molecule has 1 heterocycles. The second kappa shape index (κ2) is 10.4. The zero-order valence-electron chi connectivity index (χ0n) is 17.2. The molecule has 30 heavy (non-hydrogen) atoms. The van der Waals surface area contributed by atoms with Crippen LogP contribution in [0.3, 0.4) is 0 Å². The molecule has 7 nitrogen and oxygen atoms in total. The van der Waals surface area contributed by atoms with E-state index in [9.17, 15) is 13.2 Å². The van der Waals surface area contributed by atoms with Crippen LogP contribution < -0.4 is 14.8 Å². The SMILES string of the molecule is CS(=O)(=O)c1ccc(OCCCC(=O)NCc2ccnc(OC3CCCC3)c2)cc1. The number of ether oxygens (including phenoxy) is 2. The zero-order valence-corrected chi connectivity index (χ0v) is 18.0. The summed E-state index contributed by atoms with van der Waals surface area (Å²) in [6.45, 7) is 0.802. The fourth-order valence-electron chi connectivity index (χ4n) is 3.30. The Morgan fingerprint density at radius 1 is 1.17 bits per heavy atom. The van der Waals surface area contributed by atoms with Gasteiger partial charge in [0.05, 0.1) is 11.5 Å². The summed E-state index contributed by atoms with van der Waals surface area (Å²) in [7, 11) is -3.21. The number of benzene rings is 1. The number of hydrogen-bond acceptors (Lipinski definition) is 6. The molecule has 1 amide bonds. The lowest BCUT2D eigenvalue weighted by atomic mass is 10.2. The predicted octanol–water partition coefficient (Wildman–Crippen LogP) is 3.28. The Hall–Kier alpha value is -2.61. The van der Waals surface area contributed by atoms with Crippen LogP contribution in [0.5, 0.6) is 11.6 Å². The fourth-order valence-corrected chi connectivity index (χ4v) is 3.93. The molecule has 3 rings (SSSR count). The van der Waals surface area contributed by atoms with Gasteiger partial charge in [-0.2, -0.15) is 0 Å². The van der Waals surface area contributed by atoms with Gasteiger partial charge in [0.1, 0.15) is 11.9 Å². The van der Waals surface area contributed by atoms with Gasteiger partial charge in [-0.1, -0.05) is 0 Å². The number of sulfone groups is 1. The minimum absolute atomic E-state index is 0.0545. The van der Waals surface area contributed by atoms with Gasteiger partial charge in [-0.25, -0.2) is 13.4 Å². The van der Waals surface area contributed by atoms with Crippen LogP contribution >= 0.6 is 0 Å². The Balaban J connectivity index is 1.35. The predicted molar refractivity (Wildman–Crippen MR) is 113 cm³/mol. The van der Waals surface area contributed by atoms with Gasteiger partial charge in [0.25, 0.3) is 0 Å². The maximum absolute atomic E-state index is 12.1. The van der Waals surface area contributed by atoms with Gasteiger partial charge in [0, 0.05) is 31.5 Å². The number of rotatable bonds is 10. The zero-order chi connectivity index (χ0) is 21.4. The molecule has 1 aromatic carbocycles. The third kappa shape index (κ3) is 7.02. The summed E-state index contributed by atoms with van der Waals surface area (Å²) >= 11 is 0. The molecule has 1 aliphatic rings. The third-order valence-corrected chi connectivity index (χ3v) is 6.08. The van der Waals surface area contributed by atoms with Crippen LogP contribution in [0, 0.1) is 0 Å². The minimum Gasteiger partial charge on any atom is -0.494 e. The Kier molecular flexibility index (Phi) is 7.68. The minimum atomic E-state index is -3.21. The van der Waals surface area contributed by atoms with E-state index in [1.54, 1.807) is 18.3 Å². The second-order valence-corrected chi connectivity index (χ2v) is 9.51. The number of aromatic nitrogens is 1. The molecule has 0 unspecified atom stereocenters. The first-order valence-corrected chi connectivity index (χ1v) is 12.1. The maximum atomic E-state index is 12.1. The van der Waals surface area contributed by atoms with Crippen molar-refractivity contribution in [3.63, 3.8) is 0 Å². The standard InChI is InChI=1S/C22H28N2O5S/c1-30(26,27)20-10-8-18(9-11-20)28-14-4-7-21(25)24-16-17-12-13-23-22(15-17)29-19-5-2-3-6-19/h8-13,15,19H,2-7,14,16H2,1H3,(H,24,25). The van der Waals surface area contributed by atoms with E-state index in [0.29, 0.717) is 37.6 Å². The van der Waals surface area contributed by atoms with Crippen LogP contribution in [0.1, 0.15) is 44.1 Å². The average Bonchev–Trinajstić information content (AvgIpc) is 3.23. The normalized spacial score (nSPS) is 14.4. The van der Waals surface area contributed by atoms with Gasteiger partial charge in [0.2, 0.25) is 11.8 Å². The summed E-state index contributed by atoms with van der Waals surface area (Å²) in [4.78, 5) is 16.6. The molecule has 162 valence electrons. The van der Waals surface area contributed by atoms with Crippen LogP contribution in [-0.2, 0) is 21.2 Å². The van der Waals surface area contributed by atoms with Crippen molar-refractivity contribution in [1.82, 2.24) is 10.3 Å². The van der Waals surface area contributed by atoms with Crippen molar-refractivity contribution in [3.05, 3.63) is 48.2 Å². The highest BCUT2D eigenvalue weighted by Crippen LogP contribution is 2.23. The highest BCUT2D eigenvalue weighted by atomic mass is 32.2. The van der Waals surface area contributed by atoms with Crippen molar-refractivity contribution >= 4 is 15.7 Å². The van der Waals surface area contributed by atoms with Gasteiger partial charge in [0.15, 0.2) is 9.84 Å². The van der Waals surface area contributed by atoms with Crippen molar-refractivity contribution in [3.8, 4) is 11.6 Å². The molecule has 0 atom stereocenters. The van der Waals surface area contributed by atoms with Crippen molar-refractivity contribution in [2.45, 2.75) is 56.1 Å². The van der Waals surface area contributed by atoms with Crippen LogP contribution in [0.15, 0.2) is 47.5 Å². The average molecular weight is 433 g/mol. The molecule has 1 saturated carbocycles. The number of pyridine rings is 1. The van der Waals surface area contributed by atoms with Gasteiger partial charge in [-0.05, 0) is 68.0 Å². The molecule has 1 aromatic heterocycles. The second-order valence-electron chi connectivity index (χ2n) is 7.50. The Bertz CT molecular complexity index is 938. The number of carbonyl (C=O) groups is 1. The molecule has 1 N–H and O–H groups in total. The molecule has 1 fully saturated rings. The van der Waals surface area contributed by atoms with E-state index in [1.807, 2.05) is 12.1 Å². The summed E-state index contributed by atoms with van der Waals surface area (Å²) in [5.41, 5.74) is 0.952. The fraction of sp³-hybridized carbons (Fsp3) is 0.455. The van der Waals surface area contributed by atoms with Gasteiger partial charge in [-0.15, -0.1) is 0 Å². The lowest BCUT2D eigenvalue weighted by molar-refractivity contribution is -0.121. The van der Waals surface area contributed by atoms with Gasteiger partial charge < -0.3 is 14.8 Å². The summed E-state index contributed by atoms with van der Waals surface area (Å²) in [6.07, 6.45) is 8.59. The number of carbonyl (C=O) groups excluding carboxylic acids is 1. The quantitative estimate of drug-likeness (QED) is 0.579. The highest BCUT2D eigenvalue weighted by molar-refractivity contribution is 7.90. The molecule has 0 saturated heterocycles. The van der Waals surface area contributed by atoms with E-state index in [0.717, 1.165) is 24.7 Å². The molecule has 0 spiro atoms. The first-order chi connectivity index (χ1) is 14.4. The van der Waals surface area contributed by atoms with E-state index in [2.05, 4.69) is 10.3 Å². The monoisotopic (exact) mass is 432 g/mol. The van der Waals surface area contributed by atoms with Gasteiger partial charge in [-0.3, -0.25) is 4.79 Å². The van der Waals surface area contributed by atoms with E-state index in [1.165, 1.54) is 25.0 Å². The molecule has 1 aliphatic carbocycles. The number of nitrogens with zero attached hydrogens (tertiary/aromatic N) is 1. The molecular formula is C22H28N2O5S. The Labute approximate surface area is 177 Å². The largest absolute Gasteiger partial charge is 0.494 e. The maximum Gasteiger partial charge on any atom is 0.220 e. The van der Waals surface area contributed by atoms with Crippen LogP contribution in [-0.4, -0.2) is 38.3 Å². The molecule has 0 bridgehead atoms. The lowest BCUT2D eigenvalue weighted by Gasteiger charge is -2.13. The molecule has 8 heteroatoms. The van der Waals surface area contributed by atoms with Crippen LogP contribution in [0.25, 0.3) is 0 Å². The van der Waals surface area contributed by atoms with Crippen LogP contribution in [0.2, 0.25) is 0 Å². The number of amides is 1. The van der Waals surface area contributed by atoms with Crippen molar-refractivity contribution < 1.29 is 22.7 Å². The molecule has 2 aromatic rings. The van der Waals surface area contributed by atoms with Crippen molar-refractivity contribution in [2.24, 2.45) is 0 Å². The molecule has 0 aliphatic heterocycles. The van der Waals surface area contributed by atoms with Crippen LogP contribution in [0.4, 0.5) is 0 Å². The number of hydrogen-bond donors (Lipinski definition) is 1. The highest BCUT2D eigenvalue weighted by Gasteiger charge is 2.17. The smallest absolute Gasteiger partial charge is 0.220 e.